The number of ether oxygens (including phenoxy) is 1. The van der Waals surface area contributed by atoms with Gasteiger partial charge in [0.05, 0.1) is 30.3 Å². The van der Waals surface area contributed by atoms with Crippen molar-refractivity contribution in [2.24, 2.45) is 34.5 Å². The Labute approximate surface area is 284 Å². The summed E-state index contributed by atoms with van der Waals surface area (Å²) in [5.41, 5.74) is 14.9. The topological polar surface area (TPSA) is 232 Å². The van der Waals surface area contributed by atoms with E-state index < -0.39 is 75.6 Å². The fourth-order valence-electron chi connectivity index (χ4n) is 9.10. The van der Waals surface area contributed by atoms with Crippen molar-refractivity contribution in [3.05, 3.63) is 47.0 Å². The molecular weight excluding hydrogens is 628 g/mol. The molecule has 4 aliphatic carbocycles. The van der Waals surface area contributed by atoms with Crippen LogP contribution in [0.15, 0.2) is 30.3 Å². The fraction of sp³-hybridized carbons (Fsp3) is 0.500. The summed E-state index contributed by atoms with van der Waals surface area (Å²) in [7, 11) is 4.45. The normalized spacial score (nSPS) is 31.5. The lowest BCUT2D eigenvalue weighted by molar-refractivity contribution is -0.166. The minimum atomic E-state index is -2.80. The number of likely N-dealkylation sites (N-methyl/N-ethyl adjacent to an activating group) is 1. The number of amides is 1. The lowest BCUT2D eigenvalue weighted by Gasteiger charge is -2.60. The molecule has 13 heteroatoms. The monoisotopic (exact) mass is 670 g/mol. The summed E-state index contributed by atoms with van der Waals surface area (Å²) in [5, 5.41) is 25.3. The molecule has 6 atom stereocenters. The highest BCUT2D eigenvalue weighted by Crippen LogP contribution is 2.57. The van der Waals surface area contributed by atoms with E-state index in [0.29, 0.717) is 35.0 Å². The highest BCUT2D eigenvalue weighted by atomic mass is 16.5. The van der Waals surface area contributed by atoms with Crippen LogP contribution in [0.5, 0.6) is 11.5 Å². The first kappa shape index (κ1) is 34.4. The summed E-state index contributed by atoms with van der Waals surface area (Å²) in [6.45, 7) is 0.602. The van der Waals surface area contributed by atoms with Gasteiger partial charge in [-0.05, 0) is 74.7 Å². The van der Waals surface area contributed by atoms with Crippen molar-refractivity contribution in [1.29, 1.82) is 5.26 Å². The molecule has 6 rings (SSSR count). The van der Waals surface area contributed by atoms with Gasteiger partial charge in [-0.25, -0.2) is 0 Å². The van der Waals surface area contributed by atoms with Gasteiger partial charge >= 0.3 is 0 Å². The Morgan fingerprint density at radius 2 is 1.76 bits per heavy atom. The number of ketones is 4. The molecular formula is C36H42N6O7. The molecule has 2 aromatic carbocycles. The molecule has 1 amide bonds. The Hall–Kier alpha value is -4.48. The standard InChI is InChI=1S/C36H42N6O7/c1-42(2)30-29(45)26(33(38)48)31(46)35(17-37)32(47)27-28(44)25-22(14-34(27,39)16-36(30,35)40)20(10-11-23(25)43)21-13-18(9-12-24(21)49-3)15-41-19-7-5-4-6-8-19/h9-13,19,26-27,30,41,43H,4-8,14-16,39-40H2,1-3H3,(H2,38,48)/t26?,27?,30-,34-,35+,36-/m1/s1. The summed E-state index contributed by atoms with van der Waals surface area (Å²) in [6.07, 6.45) is 5.17. The second-order valence-electron chi connectivity index (χ2n) is 14.4. The first-order chi connectivity index (χ1) is 23.2. The molecule has 8 N–H and O–H groups in total. The van der Waals surface area contributed by atoms with E-state index in [0.717, 1.165) is 18.4 Å². The van der Waals surface area contributed by atoms with E-state index in [4.69, 9.17) is 21.9 Å². The number of fused-ring (bicyclic) bond motifs is 3. The third-order valence-electron chi connectivity index (χ3n) is 11.2. The molecule has 0 radical (unpaired) electrons. The fourth-order valence-corrected chi connectivity index (χ4v) is 9.10. The van der Waals surface area contributed by atoms with Crippen LogP contribution < -0.4 is 27.3 Å². The number of Topliss-reactive ketones (excluding diaryl/α,β-unsaturated/α-hetero) is 4. The number of nitrogens with one attached hydrogen (secondary N) is 1. The SMILES string of the molecule is COc1ccc(CNC2CCCCC2)cc1-c1ccc(O)c2c1C[C@@]1(N)C[C@@]3(N)[C@H](N(C)C)C(=O)C(C(N)=O)C(=O)[C@@]3(C#N)C(=O)C1C2=O. The molecule has 3 saturated carbocycles. The zero-order valence-corrected chi connectivity index (χ0v) is 27.9. The Kier molecular flexibility index (Phi) is 8.52. The van der Waals surface area contributed by atoms with Crippen LogP contribution in [-0.4, -0.2) is 83.4 Å². The van der Waals surface area contributed by atoms with Gasteiger partial charge in [0.25, 0.3) is 0 Å². The molecule has 2 unspecified atom stereocenters. The van der Waals surface area contributed by atoms with Crippen molar-refractivity contribution in [1.82, 2.24) is 10.2 Å². The molecule has 0 saturated heterocycles. The van der Waals surface area contributed by atoms with Crippen molar-refractivity contribution in [2.45, 2.75) is 74.7 Å². The number of methoxy groups -OCH3 is 1. The molecule has 3 fully saturated rings. The maximum atomic E-state index is 14.6. The Bertz CT molecular complexity index is 1830. The Morgan fingerprint density at radius 3 is 2.37 bits per heavy atom. The summed E-state index contributed by atoms with van der Waals surface area (Å²) in [5.74, 6) is -9.57. The summed E-state index contributed by atoms with van der Waals surface area (Å²) in [6, 6.07) is 9.39. The average Bonchev–Trinajstić information content (AvgIpc) is 3.03. The number of carbonyl (C=O) groups is 5. The van der Waals surface area contributed by atoms with Crippen LogP contribution >= 0.6 is 0 Å². The lowest BCUT2D eigenvalue weighted by Crippen LogP contribution is -2.85. The van der Waals surface area contributed by atoms with Gasteiger partial charge in [0.15, 0.2) is 34.5 Å². The van der Waals surface area contributed by atoms with Crippen LogP contribution in [0.4, 0.5) is 0 Å². The predicted octanol–water partition coefficient (Wildman–Crippen LogP) is 0.906. The number of primary amides is 1. The minimum absolute atomic E-state index is 0.169. The van der Waals surface area contributed by atoms with Crippen molar-refractivity contribution >= 4 is 29.0 Å². The zero-order chi connectivity index (χ0) is 35.6. The van der Waals surface area contributed by atoms with Crippen molar-refractivity contribution < 1.29 is 33.8 Å². The van der Waals surface area contributed by atoms with Gasteiger partial charge in [0.2, 0.25) is 5.91 Å². The number of aromatic hydroxyl groups is 1. The predicted molar refractivity (Wildman–Crippen MR) is 177 cm³/mol. The number of nitrogens with zero attached hydrogens (tertiary/aromatic N) is 2. The Morgan fingerprint density at radius 1 is 1.06 bits per heavy atom. The van der Waals surface area contributed by atoms with E-state index in [1.54, 1.807) is 12.1 Å². The molecule has 0 spiro atoms. The second-order valence-corrected chi connectivity index (χ2v) is 14.4. The molecule has 258 valence electrons. The van der Waals surface area contributed by atoms with Crippen molar-refractivity contribution in [2.75, 3.05) is 21.2 Å². The number of hydrogen-bond donors (Lipinski definition) is 5. The maximum Gasteiger partial charge on any atom is 0.235 e. The number of rotatable bonds is 7. The quantitative estimate of drug-likeness (QED) is 0.259. The maximum absolute atomic E-state index is 14.6. The number of benzene rings is 2. The molecule has 0 aliphatic heterocycles. The van der Waals surface area contributed by atoms with Gasteiger partial charge in [0.1, 0.15) is 17.4 Å². The van der Waals surface area contributed by atoms with E-state index in [9.17, 15) is 34.3 Å². The highest BCUT2D eigenvalue weighted by Gasteiger charge is 2.78. The van der Waals surface area contributed by atoms with E-state index >= 15 is 0 Å². The minimum Gasteiger partial charge on any atom is -0.507 e. The van der Waals surface area contributed by atoms with Gasteiger partial charge in [-0.15, -0.1) is 0 Å². The number of carbonyl (C=O) groups excluding carboxylic acids is 5. The number of phenols is 1. The lowest BCUT2D eigenvalue weighted by atomic mass is 9.42. The molecule has 0 aromatic heterocycles. The van der Waals surface area contributed by atoms with Crippen LogP contribution in [0.1, 0.15) is 60.0 Å². The molecule has 13 nitrogen and oxygen atoms in total. The summed E-state index contributed by atoms with van der Waals surface area (Å²) in [4.78, 5) is 70.5. The number of hydrogen-bond acceptors (Lipinski definition) is 12. The summed E-state index contributed by atoms with van der Waals surface area (Å²) < 4.78 is 5.73. The molecule has 0 heterocycles. The molecule has 49 heavy (non-hydrogen) atoms. The molecule has 0 bridgehead atoms. The van der Waals surface area contributed by atoms with Crippen LogP contribution in [-0.2, 0) is 32.1 Å². The van der Waals surface area contributed by atoms with Crippen LogP contribution in [0, 0.1) is 28.6 Å². The number of phenolic OH excluding ortho intramolecular Hbond substituents is 1. The zero-order valence-electron chi connectivity index (χ0n) is 27.9. The number of nitriles is 1. The van der Waals surface area contributed by atoms with Crippen LogP contribution in [0.2, 0.25) is 0 Å². The van der Waals surface area contributed by atoms with E-state index in [-0.39, 0.29) is 12.0 Å². The second kappa shape index (κ2) is 12.1. The van der Waals surface area contributed by atoms with Gasteiger partial charge in [-0.1, -0.05) is 31.4 Å². The van der Waals surface area contributed by atoms with Crippen LogP contribution in [0.25, 0.3) is 11.1 Å². The third-order valence-corrected chi connectivity index (χ3v) is 11.2. The van der Waals surface area contributed by atoms with Gasteiger partial charge < -0.3 is 32.4 Å². The average molecular weight is 671 g/mol. The first-order valence-corrected chi connectivity index (χ1v) is 16.5. The molecule has 4 aliphatic rings. The van der Waals surface area contributed by atoms with E-state index in [1.807, 2.05) is 18.2 Å². The van der Waals surface area contributed by atoms with Crippen LogP contribution in [0.3, 0.4) is 0 Å². The first-order valence-electron chi connectivity index (χ1n) is 16.5. The van der Waals surface area contributed by atoms with E-state index in [1.165, 1.54) is 51.4 Å². The van der Waals surface area contributed by atoms with Gasteiger partial charge in [-0.2, -0.15) is 5.26 Å². The Balaban J connectivity index is 1.49. The van der Waals surface area contributed by atoms with Gasteiger partial charge in [0, 0.05) is 23.7 Å². The summed E-state index contributed by atoms with van der Waals surface area (Å²) >= 11 is 0. The van der Waals surface area contributed by atoms with Crippen molar-refractivity contribution in [3.8, 4) is 28.7 Å². The molecule has 2 aromatic rings. The third kappa shape index (κ3) is 4.92. The smallest absolute Gasteiger partial charge is 0.235 e. The van der Waals surface area contributed by atoms with E-state index in [2.05, 4.69) is 5.32 Å². The van der Waals surface area contributed by atoms with Gasteiger partial charge in [-0.3, -0.25) is 28.9 Å². The number of nitrogens with two attached hydrogens (primary N) is 3. The van der Waals surface area contributed by atoms with Crippen molar-refractivity contribution in [3.63, 3.8) is 0 Å². The highest BCUT2D eigenvalue weighted by molar-refractivity contribution is 6.33. The largest absolute Gasteiger partial charge is 0.507 e.